The first kappa shape index (κ1) is 23.3. The molecule has 2 aromatic carbocycles. The number of nitrogen functional groups attached to an aromatic ring is 1. The van der Waals surface area contributed by atoms with E-state index in [2.05, 4.69) is 25.3 Å². The molecular formula is C30H25N7O. The molecule has 0 aliphatic carbocycles. The van der Waals surface area contributed by atoms with Gasteiger partial charge >= 0.3 is 0 Å². The van der Waals surface area contributed by atoms with Crippen LogP contribution in [0.2, 0.25) is 0 Å². The van der Waals surface area contributed by atoms with E-state index in [1.54, 1.807) is 29.2 Å². The molecule has 3 N–H and O–H groups in total. The van der Waals surface area contributed by atoms with Crippen LogP contribution in [-0.4, -0.2) is 24.5 Å². The lowest BCUT2D eigenvalue weighted by Crippen LogP contribution is -2.26. The van der Waals surface area contributed by atoms with Crippen molar-refractivity contribution in [2.24, 2.45) is 0 Å². The fourth-order valence-electron chi connectivity index (χ4n) is 4.85. The normalized spacial score (nSPS) is 12.1. The molecule has 0 bridgehead atoms. The maximum Gasteiger partial charge on any atom is 0.263 e. The second kappa shape index (κ2) is 9.40. The zero-order valence-corrected chi connectivity index (χ0v) is 21.0. The minimum absolute atomic E-state index is 0.111. The minimum atomic E-state index is -0.323. The Morgan fingerprint density at radius 1 is 0.947 bits per heavy atom. The molecule has 1 atom stereocenters. The number of benzene rings is 2. The fraction of sp³-hybridized carbons (Fsp3) is 0.100. The average molecular weight is 500 g/mol. The fourth-order valence-corrected chi connectivity index (χ4v) is 4.85. The van der Waals surface area contributed by atoms with Crippen molar-refractivity contribution in [2.75, 3.05) is 11.1 Å². The summed E-state index contributed by atoms with van der Waals surface area (Å²) >= 11 is 0. The summed E-state index contributed by atoms with van der Waals surface area (Å²) in [6.07, 6.45) is 5.29. The number of rotatable bonds is 5. The standard InChI is InChI=1S/C30H25N7O/c1-18-14-21(17-32-16-18)23-11-6-8-20-15-25(37(29(38)26(20)23)22-9-4-3-5-10-22)19(2)34-28-27-24(12-7-13-33-27)35-30(31)36-28/h3-17,19H,1-2H3,(H3,31,34,35,36). The molecule has 4 aromatic heterocycles. The Labute approximate surface area is 218 Å². The van der Waals surface area contributed by atoms with E-state index in [9.17, 15) is 4.79 Å². The number of aromatic nitrogens is 5. The van der Waals surface area contributed by atoms with Gasteiger partial charge in [0.05, 0.1) is 16.9 Å². The maximum absolute atomic E-state index is 14.3. The largest absolute Gasteiger partial charge is 0.368 e. The average Bonchev–Trinajstić information content (AvgIpc) is 2.93. The Kier molecular flexibility index (Phi) is 5.76. The smallest absolute Gasteiger partial charge is 0.263 e. The van der Waals surface area contributed by atoms with Crippen LogP contribution in [0.1, 0.15) is 24.2 Å². The molecule has 38 heavy (non-hydrogen) atoms. The molecule has 0 saturated heterocycles. The van der Waals surface area contributed by atoms with Crippen LogP contribution < -0.4 is 16.6 Å². The predicted octanol–water partition coefficient (Wildman–Crippen LogP) is 5.45. The summed E-state index contributed by atoms with van der Waals surface area (Å²) in [6.45, 7) is 3.98. The maximum atomic E-state index is 14.3. The number of nitrogens with two attached hydrogens (primary N) is 1. The van der Waals surface area contributed by atoms with Gasteiger partial charge in [-0.2, -0.15) is 4.98 Å². The van der Waals surface area contributed by atoms with Crippen LogP contribution >= 0.6 is 0 Å². The van der Waals surface area contributed by atoms with Gasteiger partial charge in [-0.25, -0.2) is 4.98 Å². The molecule has 6 rings (SSSR count). The van der Waals surface area contributed by atoms with Gasteiger partial charge in [0.25, 0.3) is 5.56 Å². The number of pyridine rings is 3. The van der Waals surface area contributed by atoms with Crippen LogP contribution in [0.15, 0.2) is 96.2 Å². The van der Waals surface area contributed by atoms with Gasteiger partial charge in [0, 0.05) is 35.5 Å². The Morgan fingerprint density at radius 2 is 1.79 bits per heavy atom. The molecule has 1 unspecified atom stereocenters. The first-order valence-corrected chi connectivity index (χ1v) is 12.3. The summed E-state index contributed by atoms with van der Waals surface area (Å²) in [6, 6.07) is 23.0. The monoisotopic (exact) mass is 499 g/mol. The highest BCUT2D eigenvalue weighted by Gasteiger charge is 2.20. The SMILES string of the molecule is Cc1cncc(-c2cccc3cc(C(C)Nc4nc(N)nc5cccnc45)n(-c4ccccc4)c(=O)c23)c1. The van der Waals surface area contributed by atoms with Crippen molar-refractivity contribution in [3.8, 4) is 16.8 Å². The lowest BCUT2D eigenvalue weighted by atomic mass is 9.98. The topological polar surface area (TPSA) is 112 Å². The molecular weight excluding hydrogens is 474 g/mol. The molecule has 186 valence electrons. The Morgan fingerprint density at radius 3 is 2.61 bits per heavy atom. The van der Waals surface area contributed by atoms with Crippen molar-refractivity contribution in [1.82, 2.24) is 24.5 Å². The number of hydrogen-bond donors (Lipinski definition) is 2. The quantitative estimate of drug-likeness (QED) is 0.324. The van der Waals surface area contributed by atoms with Gasteiger partial charge in [0.2, 0.25) is 5.95 Å². The van der Waals surface area contributed by atoms with Crippen LogP contribution in [0.4, 0.5) is 11.8 Å². The number of nitrogens with zero attached hydrogens (tertiary/aromatic N) is 5. The van der Waals surface area contributed by atoms with Gasteiger partial charge in [0.1, 0.15) is 5.52 Å². The molecule has 0 aliphatic heterocycles. The van der Waals surface area contributed by atoms with Crippen molar-refractivity contribution in [2.45, 2.75) is 19.9 Å². The van der Waals surface area contributed by atoms with Crippen LogP contribution in [0, 0.1) is 6.92 Å². The van der Waals surface area contributed by atoms with E-state index in [1.807, 2.05) is 80.6 Å². The second-order valence-electron chi connectivity index (χ2n) is 9.23. The van der Waals surface area contributed by atoms with Gasteiger partial charge in [-0.15, -0.1) is 0 Å². The van der Waals surface area contributed by atoms with Crippen molar-refractivity contribution in [3.05, 3.63) is 113 Å². The zero-order valence-electron chi connectivity index (χ0n) is 21.0. The van der Waals surface area contributed by atoms with E-state index in [1.165, 1.54) is 0 Å². The van der Waals surface area contributed by atoms with Crippen LogP contribution in [0.5, 0.6) is 0 Å². The summed E-state index contributed by atoms with van der Waals surface area (Å²) in [5.74, 6) is 0.655. The van der Waals surface area contributed by atoms with E-state index >= 15 is 0 Å². The number of para-hydroxylation sites is 1. The molecule has 0 saturated carbocycles. The van der Waals surface area contributed by atoms with Crippen molar-refractivity contribution >= 4 is 33.6 Å². The number of fused-ring (bicyclic) bond motifs is 2. The predicted molar refractivity (Wildman–Crippen MR) is 151 cm³/mol. The zero-order chi connectivity index (χ0) is 26.2. The Balaban J connectivity index is 1.57. The number of nitrogens with one attached hydrogen (secondary N) is 1. The molecule has 8 heteroatoms. The molecule has 8 nitrogen and oxygen atoms in total. The van der Waals surface area contributed by atoms with Crippen LogP contribution in [0.25, 0.3) is 38.6 Å². The number of aryl methyl sites for hydroxylation is 1. The lowest BCUT2D eigenvalue weighted by Gasteiger charge is -2.22. The van der Waals surface area contributed by atoms with Gasteiger partial charge in [-0.3, -0.25) is 19.3 Å². The van der Waals surface area contributed by atoms with Gasteiger partial charge < -0.3 is 11.1 Å². The summed E-state index contributed by atoms with van der Waals surface area (Å²) in [5.41, 5.74) is 11.5. The highest BCUT2D eigenvalue weighted by Crippen LogP contribution is 2.31. The summed E-state index contributed by atoms with van der Waals surface area (Å²) in [5, 5.41) is 4.91. The third-order valence-electron chi connectivity index (χ3n) is 6.54. The summed E-state index contributed by atoms with van der Waals surface area (Å²) in [4.78, 5) is 31.8. The minimum Gasteiger partial charge on any atom is -0.368 e. The van der Waals surface area contributed by atoms with E-state index in [-0.39, 0.29) is 17.5 Å². The third kappa shape index (κ3) is 4.12. The van der Waals surface area contributed by atoms with Crippen LogP contribution in [0.3, 0.4) is 0 Å². The van der Waals surface area contributed by atoms with E-state index in [0.29, 0.717) is 22.2 Å². The molecule has 0 amide bonds. The van der Waals surface area contributed by atoms with Gasteiger partial charge in [0.15, 0.2) is 5.82 Å². The van der Waals surface area contributed by atoms with E-state index in [0.717, 1.165) is 33.5 Å². The van der Waals surface area contributed by atoms with Crippen molar-refractivity contribution in [3.63, 3.8) is 0 Å². The lowest BCUT2D eigenvalue weighted by molar-refractivity contribution is 0.774. The number of anilines is 2. The Hall–Kier alpha value is -5.11. The van der Waals surface area contributed by atoms with Gasteiger partial charge in [-0.1, -0.05) is 36.4 Å². The van der Waals surface area contributed by atoms with Crippen molar-refractivity contribution in [1.29, 1.82) is 0 Å². The van der Waals surface area contributed by atoms with E-state index in [4.69, 9.17) is 5.73 Å². The van der Waals surface area contributed by atoms with Gasteiger partial charge in [-0.05, 0) is 66.8 Å². The molecule has 0 spiro atoms. The Bertz CT molecular complexity index is 1870. The molecule has 6 aromatic rings. The third-order valence-corrected chi connectivity index (χ3v) is 6.54. The van der Waals surface area contributed by atoms with E-state index < -0.39 is 0 Å². The molecule has 0 radical (unpaired) electrons. The van der Waals surface area contributed by atoms with Crippen molar-refractivity contribution < 1.29 is 0 Å². The molecule has 4 heterocycles. The highest BCUT2D eigenvalue weighted by atomic mass is 16.1. The second-order valence-corrected chi connectivity index (χ2v) is 9.23. The van der Waals surface area contributed by atoms with Crippen LogP contribution in [-0.2, 0) is 0 Å². The highest BCUT2D eigenvalue weighted by molar-refractivity contribution is 5.96. The molecule has 0 aliphatic rings. The first-order valence-electron chi connectivity index (χ1n) is 12.3. The summed E-state index contributed by atoms with van der Waals surface area (Å²) < 4.78 is 1.76. The summed E-state index contributed by atoms with van der Waals surface area (Å²) in [7, 11) is 0. The molecule has 0 fully saturated rings. The number of hydrogen-bond acceptors (Lipinski definition) is 7. The first-order chi connectivity index (χ1) is 18.5.